The SMILES string of the molecule is CCCCC(CN)NC(=O)CC(NC(C)=O)c1ccc(F)cc1F.Cl. The molecule has 1 rings (SSSR count). The Morgan fingerprint density at radius 2 is 1.92 bits per heavy atom. The zero-order valence-electron chi connectivity index (χ0n) is 14.5. The Bertz CT molecular complexity index is 573. The smallest absolute Gasteiger partial charge is 0.222 e. The minimum absolute atomic E-state index is 0. The number of carbonyl (C=O) groups is 2. The maximum Gasteiger partial charge on any atom is 0.222 e. The molecular formula is C17H26ClF2N3O2. The molecule has 0 fully saturated rings. The molecule has 1 aromatic rings. The predicted octanol–water partition coefficient (Wildman–Crippen LogP) is 2.59. The summed E-state index contributed by atoms with van der Waals surface area (Å²) >= 11 is 0. The highest BCUT2D eigenvalue weighted by atomic mass is 35.5. The van der Waals surface area contributed by atoms with Gasteiger partial charge in [-0.25, -0.2) is 8.78 Å². The third-order valence-electron chi connectivity index (χ3n) is 3.66. The maximum atomic E-state index is 14.0. The number of carbonyl (C=O) groups excluding carboxylic acids is 2. The Kier molecular flexibility index (Phi) is 10.9. The second kappa shape index (κ2) is 11.8. The number of halogens is 3. The van der Waals surface area contributed by atoms with Crippen LogP contribution in [0.15, 0.2) is 18.2 Å². The fraction of sp³-hybridized carbons (Fsp3) is 0.529. The Morgan fingerprint density at radius 1 is 1.24 bits per heavy atom. The van der Waals surface area contributed by atoms with Gasteiger partial charge in [-0.15, -0.1) is 12.4 Å². The number of rotatable bonds is 9. The number of nitrogens with two attached hydrogens (primary N) is 1. The largest absolute Gasteiger partial charge is 0.352 e. The van der Waals surface area contributed by atoms with Crippen LogP contribution < -0.4 is 16.4 Å². The van der Waals surface area contributed by atoms with E-state index >= 15 is 0 Å². The predicted molar refractivity (Wildman–Crippen MR) is 95.3 cm³/mol. The highest BCUT2D eigenvalue weighted by Gasteiger charge is 2.22. The Labute approximate surface area is 153 Å². The number of hydrogen-bond donors (Lipinski definition) is 3. The van der Waals surface area contributed by atoms with Crippen LogP contribution in [0.4, 0.5) is 8.78 Å². The van der Waals surface area contributed by atoms with Crippen molar-refractivity contribution in [3.8, 4) is 0 Å². The minimum Gasteiger partial charge on any atom is -0.352 e. The summed E-state index contributed by atoms with van der Waals surface area (Å²) in [7, 11) is 0. The van der Waals surface area contributed by atoms with Gasteiger partial charge in [0.25, 0.3) is 0 Å². The molecule has 0 heterocycles. The first-order valence-electron chi connectivity index (χ1n) is 8.08. The van der Waals surface area contributed by atoms with Crippen LogP contribution in [-0.2, 0) is 9.59 Å². The molecule has 0 spiro atoms. The van der Waals surface area contributed by atoms with Gasteiger partial charge >= 0.3 is 0 Å². The molecule has 0 saturated carbocycles. The molecule has 0 aromatic heterocycles. The molecule has 2 amide bonds. The lowest BCUT2D eigenvalue weighted by atomic mass is 10.0. The summed E-state index contributed by atoms with van der Waals surface area (Å²) < 4.78 is 27.0. The average Bonchev–Trinajstić information content (AvgIpc) is 2.50. The molecule has 25 heavy (non-hydrogen) atoms. The topological polar surface area (TPSA) is 84.2 Å². The zero-order valence-corrected chi connectivity index (χ0v) is 15.3. The Hall–Kier alpha value is -1.73. The van der Waals surface area contributed by atoms with E-state index in [1.807, 2.05) is 6.92 Å². The number of hydrogen-bond acceptors (Lipinski definition) is 3. The standard InChI is InChI=1S/C17H25F2N3O2.ClH/c1-3-4-5-13(10-20)22-17(24)9-16(21-11(2)23)14-7-6-12(18)8-15(14)19;/h6-8,13,16H,3-5,9-10,20H2,1-2H3,(H,21,23)(H,22,24);1H. The summed E-state index contributed by atoms with van der Waals surface area (Å²) in [6.45, 7) is 3.62. The van der Waals surface area contributed by atoms with E-state index in [4.69, 9.17) is 5.73 Å². The Balaban J connectivity index is 0.00000576. The van der Waals surface area contributed by atoms with Crippen LogP contribution >= 0.6 is 12.4 Å². The zero-order chi connectivity index (χ0) is 18.1. The lowest BCUT2D eigenvalue weighted by Gasteiger charge is -2.21. The molecule has 0 bridgehead atoms. The van der Waals surface area contributed by atoms with Crippen molar-refractivity contribution in [1.29, 1.82) is 0 Å². The van der Waals surface area contributed by atoms with Gasteiger partial charge < -0.3 is 16.4 Å². The summed E-state index contributed by atoms with van der Waals surface area (Å²) in [5.74, 6) is -2.27. The number of unbranched alkanes of at least 4 members (excludes halogenated alkanes) is 1. The van der Waals surface area contributed by atoms with E-state index in [2.05, 4.69) is 10.6 Å². The van der Waals surface area contributed by atoms with E-state index in [9.17, 15) is 18.4 Å². The third kappa shape index (κ3) is 8.27. The van der Waals surface area contributed by atoms with Crippen LogP contribution in [0.3, 0.4) is 0 Å². The fourth-order valence-corrected chi connectivity index (χ4v) is 2.44. The van der Waals surface area contributed by atoms with Crippen LogP contribution in [-0.4, -0.2) is 24.4 Å². The van der Waals surface area contributed by atoms with Crippen LogP contribution in [0.2, 0.25) is 0 Å². The quantitative estimate of drug-likeness (QED) is 0.618. The average molecular weight is 378 g/mol. The second-order valence-corrected chi connectivity index (χ2v) is 5.77. The monoisotopic (exact) mass is 377 g/mol. The van der Waals surface area contributed by atoms with Crippen molar-refractivity contribution in [3.05, 3.63) is 35.4 Å². The molecule has 2 unspecified atom stereocenters. The summed E-state index contributed by atoms with van der Waals surface area (Å²) in [6.07, 6.45) is 2.53. The molecule has 0 radical (unpaired) electrons. The molecule has 2 atom stereocenters. The minimum atomic E-state index is -0.868. The van der Waals surface area contributed by atoms with Gasteiger partial charge in [0.05, 0.1) is 12.5 Å². The molecule has 0 aliphatic carbocycles. The molecule has 8 heteroatoms. The van der Waals surface area contributed by atoms with Gasteiger partial charge in [-0.1, -0.05) is 25.8 Å². The molecule has 4 N–H and O–H groups in total. The van der Waals surface area contributed by atoms with Gasteiger partial charge in [0, 0.05) is 31.1 Å². The van der Waals surface area contributed by atoms with E-state index in [-0.39, 0.29) is 36.3 Å². The molecule has 142 valence electrons. The van der Waals surface area contributed by atoms with Gasteiger partial charge in [0.15, 0.2) is 0 Å². The highest BCUT2D eigenvalue weighted by molar-refractivity contribution is 5.85. The van der Waals surface area contributed by atoms with Crippen molar-refractivity contribution < 1.29 is 18.4 Å². The first-order valence-corrected chi connectivity index (χ1v) is 8.08. The van der Waals surface area contributed by atoms with E-state index in [0.717, 1.165) is 31.4 Å². The third-order valence-corrected chi connectivity index (χ3v) is 3.66. The lowest BCUT2D eigenvalue weighted by Crippen LogP contribution is -2.42. The van der Waals surface area contributed by atoms with Gasteiger partial charge in [0.2, 0.25) is 11.8 Å². The van der Waals surface area contributed by atoms with Crippen molar-refractivity contribution in [1.82, 2.24) is 10.6 Å². The number of benzene rings is 1. The van der Waals surface area contributed by atoms with Crippen LogP contribution in [0.25, 0.3) is 0 Å². The van der Waals surface area contributed by atoms with E-state index in [0.29, 0.717) is 6.54 Å². The number of nitrogens with one attached hydrogen (secondary N) is 2. The normalized spacial score (nSPS) is 12.7. The van der Waals surface area contributed by atoms with Gasteiger partial charge in [-0.3, -0.25) is 9.59 Å². The molecule has 1 aromatic carbocycles. The van der Waals surface area contributed by atoms with Crippen molar-refractivity contribution in [3.63, 3.8) is 0 Å². The molecule has 0 aliphatic rings. The highest BCUT2D eigenvalue weighted by Crippen LogP contribution is 2.21. The first-order chi connectivity index (χ1) is 11.4. The summed E-state index contributed by atoms with van der Waals surface area (Å²) in [5.41, 5.74) is 5.71. The molecule has 0 saturated heterocycles. The molecule has 0 aliphatic heterocycles. The molecular weight excluding hydrogens is 352 g/mol. The van der Waals surface area contributed by atoms with Crippen molar-refractivity contribution in [2.24, 2.45) is 5.73 Å². The van der Waals surface area contributed by atoms with Crippen molar-refractivity contribution in [2.75, 3.05) is 6.54 Å². The van der Waals surface area contributed by atoms with Gasteiger partial charge in [-0.2, -0.15) is 0 Å². The van der Waals surface area contributed by atoms with Gasteiger partial charge in [-0.05, 0) is 12.5 Å². The fourth-order valence-electron chi connectivity index (χ4n) is 2.44. The Morgan fingerprint density at radius 3 is 2.44 bits per heavy atom. The second-order valence-electron chi connectivity index (χ2n) is 5.77. The first kappa shape index (κ1) is 23.3. The van der Waals surface area contributed by atoms with Gasteiger partial charge in [0.1, 0.15) is 11.6 Å². The summed E-state index contributed by atoms with van der Waals surface area (Å²) in [6, 6.07) is 2.03. The van der Waals surface area contributed by atoms with Crippen LogP contribution in [0.1, 0.15) is 51.1 Å². The van der Waals surface area contributed by atoms with E-state index in [1.54, 1.807) is 0 Å². The summed E-state index contributed by atoms with van der Waals surface area (Å²) in [4.78, 5) is 23.6. The van der Waals surface area contributed by atoms with E-state index in [1.165, 1.54) is 13.0 Å². The summed E-state index contributed by atoms with van der Waals surface area (Å²) in [5, 5.41) is 5.32. The van der Waals surface area contributed by atoms with Crippen molar-refractivity contribution >= 4 is 24.2 Å². The number of amides is 2. The molecule has 5 nitrogen and oxygen atoms in total. The van der Waals surface area contributed by atoms with Crippen LogP contribution in [0, 0.1) is 11.6 Å². The van der Waals surface area contributed by atoms with Crippen LogP contribution in [0.5, 0.6) is 0 Å². The lowest BCUT2D eigenvalue weighted by molar-refractivity contribution is -0.123. The maximum absolute atomic E-state index is 14.0. The van der Waals surface area contributed by atoms with E-state index < -0.39 is 23.6 Å². The van der Waals surface area contributed by atoms with Crippen molar-refractivity contribution in [2.45, 2.75) is 51.6 Å².